The molecule has 2 atom stereocenters. The van der Waals surface area contributed by atoms with E-state index in [1.807, 2.05) is 0 Å². The molecule has 0 aromatic carbocycles. The molecule has 1 aliphatic rings. The minimum atomic E-state index is -0.119. The maximum Gasteiger partial charge on any atom is 0.235 e. The molecule has 0 radical (unpaired) electrons. The van der Waals surface area contributed by atoms with Crippen LogP contribution in [0.15, 0.2) is 0 Å². The minimum Gasteiger partial charge on any atom is -0.337 e. The van der Waals surface area contributed by atoms with Crippen molar-refractivity contribution in [3.8, 4) is 0 Å². The summed E-state index contributed by atoms with van der Waals surface area (Å²) < 4.78 is 0. The van der Waals surface area contributed by atoms with Gasteiger partial charge in [-0.2, -0.15) is 0 Å². The molecule has 76 valence electrons. The van der Waals surface area contributed by atoms with Crippen LogP contribution < -0.4 is 10.6 Å². The van der Waals surface area contributed by atoms with Crippen LogP contribution in [0.4, 0.5) is 0 Å². The molecule has 0 saturated carbocycles. The van der Waals surface area contributed by atoms with Gasteiger partial charge in [0.25, 0.3) is 0 Å². The fourth-order valence-corrected chi connectivity index (χ4v) is 1.82. The van der Waals surface area contributed by atoms with Gasteiger partial charge >= 0.3 is 0 Å². The molecule has 0 aromatic rings. The molecule has 1 aliphatic heterocycles. The largest absolute Gasteiger partial charge is 0.337 e. The van der Waals surface area contributed by atoms with Crippen molar-refractivity contribution in [1.29, 1.82) is 0 Å². The Morgan fingerprint density at radius 3 is 2.62 bits per heavy atom. The van der Waals surface area contributed by atoms with Crippen molar-refractivity contribution in [2.45, 2.75) is 45.7 Å². The Morgan fingerprint density at radius 1 is 1.54 bits per heavy atom. The van der Waals surface area contributed by atoms with E-state index in [2.05, 4.69) is 31.4 Å². The summed E-state index contributed by atoms with van der Waals surface area (Å²) in [6, 6.07) is 0. The van der Waals surface area contributed by atoms with E-state index in [4.69, 9.17) is 0 Å². The second-order valence-corrected chi connectivity index (χ2v) is 4.05. The Morgan fingerprint density at radius 2 is 2.23 bits per heavy atom. The van der Waals surface area contributed by atoms with Crippen LogP contribution >= 0.6 is 0 Å². The number of hydrogen-bond acceptors (Lipinski definition) is 2. The van der Waals surface area contributed by atoms with Gasteiger partial charge in [0.15, 0.2) is 0 Å². The van der Waals surface area contributed by atoms with E-state index in [0.29, 0.717) is 12.5 Å². The monoisotopic (exact) mass is 184 g/mol. The quantitative estimate of drug-likeness (QED) is 0.690. The first kappa shape index (κ1) is 10.5. The van der Waals surface area contributed by atoms with Gasteiger partial charge in [-0.05, 0) is 18.8 Å². The fourth-order valence-electron chi connectivity index (χ4n) is 1.82. The summed E-state index contributed by atoms with van der Waals surface area (Å²) in [5.74, 6) is 0.788. The van der Waals surface area contributed by atoms with Crippen molar-refractivity contribution in [3.63, 3.8) is 0 Å². The van der Waals surface area contributed by atoms with Gasteiger partial charge in [0, 0.05) is 0 Å². The zero-order valence-corrected chi connectivity index (χ0v) is 8.81. The normalized spacial score (nSPS) is 30.2. The van der Waals surface area contributed by atoms with Crippen LogP contribution in [-0.4, -0.2) is 18.1 Å². The van der Waals surface area contributed by atoms with Crippen molar-refractivity contribution in [1.82, 2.24) is 10.6 Å². The SMILES string of the molecule is CCC(C)CC1(CC)NCC(=O)N1. The third kappa shape index (κ3) is 2.44. The Kier molecular flexibility index (Phi) is 3.31. The van der Waals surface area contributed by atoms with E-state index in [-0.39, 0.29) is 11.6 Å². The van der Waals surface area contributed by atoms with E-state index in [0.717, 1.165) is 12.8 Å². The minimum absolute atomic E-state index is 0.119. The predicted molar refractivity (Wildman–Crippen MR) is 53.2 cm³/mol. The first-order chi connectivity index (χ1) is 6.12. The summed E-state index contributed by atoms with van der Waals surface area (Å²) in [5.41, 5.74) is -0.119. The van der Waals surface area contributed by atoms with E-state index in [1.54, 1.807) is 0 Å². The molecular weight excluding hydrogens is 164 g/mol. The summed E-state index contributed by atoms with van der Waals surface area (Å²) >= 11 is 0. The smallest absolute Gasteiger partial charge is 0.235 e. The summed E-state index contributed by atoms with van der Waals surface area (Å²) in [7, 11) is 0. The third-order valence-corrected chi connectivity index (χ3v) is 2.96. The Bertz CT molecular complexity index is 193. The molecule has 3 heteroatoms. The molecule has 2 N–H and O–H groups in total. The average molecular weight is 184 g/mol. The van der Waals surface area contributed by atoms with Crippen LogP contribution in [0.2, 0.25) is 0 Å². The van der Waals surface area contributed by atoms with Gasteiger partial charge in [-0.1, -0.05) is 27.2 Å². The molecule has 0 aliphatic carbocycles. The highest BCUT2D eigenvalue weighted by Crippen LogP contribution is 2.22. The van der Waals surface area contributed by atoms with E-state index >= 15 is 0 Å². The second-order valence-electron chi connectivity index (χ2n) is 4.05. The molecule has 0 spiro atoms. The van der Waals surface area contributed by atoms with Crippen LogP contribution in [-0.2, 0) is 4.79 Å². The molecular formula is C10H20N2O. The molecule has 2 unspecified atom stereocenters. The number of nitrogens with one attached hydrogen (secondary N) is 2. The molecule has 0 bridgehead atoms. The lowest BCUT2D eigenvalue weighted by Gasteiger charge is -2.30. The van der Waals surface area contributed by atoms with Crippen LogP contribution in [0.1, 0.15) is 40.0 Å². The maximum absolute atomic E-state index is 11.1. The van der Waals surface area contributed by atoms with Gasteiger partial charge in [-0.15, -0.1) is 0 Å². The zero-order valence-electron chi connectivity index (χ0n) is 8.81. The second kappa shape index (κ2) is 4.09. The van der Waals surface area contributed by atoms with Gasteiger partial charge in [-0.25, -0.2) is 0 Å². The zero-order chi connectivity index (χ0) is 9.90. The summed E-state index contributed by atoms with van der Waals surface area (Å²) in [4.78, 5) is 11.1. The van der Waals surface area contributed by atoms with Crippen molar-refractivity contribution >= 4 is 5.91 Å². The first-order valence-corrected chi connectivity index (χ1v) is 5.18. The summed E-state index contributed by atoms with van der Waals surface area (Å²) in [6.07, 6.45) is 3.16. The molecule has 3 nitrogen and oxygen atoms in total. The van der Waals surface area contributed by atoms with Crippen molar-refractivity contribution < 1.29 is 4.79 Å². The van der Waals surface area contributed by atoms with Crippen molar-refractivity contribution in [3.05, 3.63) is 0 Å². The molecule has 1 heterocycles. The van der Waals surface area contributed by atoms with Crippen LogP contribution in [0.3, 0.4) is 0 Å². The van der Waals surface area contributed by atoms with E-state index < -0.39 is 0 Å². The lowest BCUT2D eigenvalue weighted by molar-refractivity contribution is -0.118. The van der Waals surface area contributed by atoms with Crippen molar-refractivity contribution in [2.24, 2.45) is 5.92 Å². The van der Waals surface area contributed by atoms with Crippen LogP contribution in [0, 0.1) is 5.92 Å². The summed E-state index contributed by atoms with van der Waals surface area (Å²) in [6.45, 7) is 7.00. The maximum atomic E-state index is 11.1. The molecule has 0 aromatic heterocycles. The highest BCUT2D eigenvalue weighted by molar-refractivity contribution is 5.81. The average Bonchev–Trinajstić information content (AvgIpc) is 2.48. The summed E-state index contributed by atoms with van der Waals surface area (Å²) in [5, 5.41) is 6.31. The number of carbonyl (C=O) groups is 1. The van der Waals surface area contributed by atoms with Crippen molar-refractivity contribution in [2.75, 3.05) is 6.54 Å². The predicted octanol–water partition coefficient (Wildman–Crippen LogP) is 1.25. The molecule has 1 amide bonds. The lowest BCUT2D eigenvalue weighted by Crippen LogP contribution is -2.50. The van der Waals surface area contributed by atoms with Crippen LogP contribution in [0.25, 0.3) is 0 Å². The number of hydrogen-bond donors (Lipinski definition) is 2. The van der Waals surface area contributed by atoms with Crippen LogP contribution in [0.5, 0.6) is 0 Å². The Balaban J connectivity index is 2.55. The van der Waals surface area contributed by atoms with Gasteiger partial charge in [-0.3, -0.25) is 10.1 Å². The van der Waals surface area contributed by atoms with Gasteiger partial charge in [0.2, 0.25) is 5.91 Å². The highest BCUT2D eigenvalue weighted by atomic mass is 16.2. The lowest BCUT2D eigenvalue weighted by atomic mass is 9.93. The Hall–Kier alpha value is -0.570. The number of rotatable bonds is 4. The molecule has 13 heavy (non-hydrogen) atoms. The number of amides is 1. The van der Waals surface area contributed by atoms with Gasteiger partial charge < -0.3 is 5.32 Å². The highest BCUT2D eigenvalue weighted by Gasteiger charge is 2.35. The molecule has 1 saturated heterocycles. The van der Waals surface area contributed by atoms with Gasteiger partial charge in [0.1, 0.15) is 0 Å². The third-order valence-electron chi connectivity index (χ3n) is 2.96. The Labute approximate surface area is 80.3 Å². The first-order valence-electron chi connectivity index (χ1n) is 5.18. The standard InChI is InChI=1S/C10H20N2O/c1-4-8(3)6-10(5-2)11-7-9(13)12-10/h8,11H,4-7H2,1-3H3,(H,12,13). The number of carbonyl (C=O) groups excluding carboxylic acids is 1. The fraction of sp³-hybridized carbons (Fsp3) is 0.900. The van der Waals surface area contributed by atoms with E-state index in [1.165, 1.54) is 6.42 Å². The molecule has 1 rings (SSSR count). The van der Waals surface area contributed by atoms with E-state index in [9.17, 15) is 4.79 Å². The topological polar surface area (TPSA) is 41.1 Å². The van der Waals surface area contributed by atoms with Gasteiger partial charge in [0.05, 0.1) is 12.2 Å². The molecule has 1 fully saturated rings.